The summed E-state index contributed by atoms with van der Waals surface area (Å²) in [5.41, 5.74) is 3.77. The van der Waals surface area contributed by atoms with E-state index in [1.54, 1.807) is 0 Å². The van der Waals surface area contributed by atoms with Gasteiger partial charge >= 0.3 is 0 Å². The lowest BCUT2D eigenvalue weighted by Crippen LogP contribution is -2.34. The summed E-state index contributed by atoms with van der Waals surface area (Å²) in [5, 5.41) is 3.11. The van der Waals surface area contributed by atoms with E-state index in [0.29, 0.717) is 13.0 Å². The molecule has 1 heterocycles. The third kappa shape index (κ3) is 3.75. The Labute approximate surface area is 160 Å². The van der Waals surface area contributed by atoms with Crippen molar-refractivity contribution in [2.75, 3.05) is 11.9 Å². The lowest BCUT2D eigenvalue weighted by Gasteiger charge is -2.27. The average Bonchev–Trinajstić information content (AvgIpc) is 3.46. The zero-order valence-electron chi connectivity index (χ0n) is 15.8. The smallest absolute Gasteiger partial charge is 0.235 e. The third-order valence-electron chi connectivity index (χ3n) is 5.73. The molecule has 140 valence electrons. The Morgan fingerprint density at radius 2 is 1.93 bits per heavy atom. The number of likely N-dealkylation sites (tertiary alicyclic amines) is 1. The molecule has 1 aliphatic heterocycles. The Bertz CT molecular complexity index is 870. The number of piperidine rings is 1. The Balaban J connectivity index is 1.46. The van der Waals surface area contributed by atoms with E-state index < -0.39 is 0 Å². The lowest BCUT2D eigenvalue weighted by molar-refractivity contribution is -0.133. The molecule has 1 aliphatic carbocycles. The normalized spacial score (nSPS) is 18.3. The molecule has 2 fully saturated rings. The van der Waals surface area contributed by atoms with E-state index in [1.165, 1.54) is 5.56 Å². The molecule has 1 N–H and O–H groups in total. The van der Waals surface area contributed by atoms with Gasteiger partial charge in [0.05, 0.1) is 5.41 Å². The van der Waals surface area contributed by atoms with E-state index in [9.17, 15) is 9.59 Å². The van der Waals surface area contributed by atoms with Crippen LogP contribution in [0.1, 0.15) is 48.8 Å². The summed E-state index contributed by atoms with van der Waals surface area (Å²) in [6.45, 7) is 3.50. The van der Waals surface area contributed by atoms with Gasteiger partial charge in [0, 0.05) is 25.2 Å². The van der Waals surface area contributed by atoms with Gasteiger partial charge in [-0.05, 0) is 55.9 Å². The van der Waals surface area contributed by atoms with E-state index in [0.717, 1.165) is 49.0 Å². The van der Waals surface area contributed by atoms with Crippen molar-refractivity contribution < 1.29 is 9.59 Å². The topological polar surface area (TPSA) is 49.4 Å². The largest absolute Gasteiger partial charge is 0.338 e. The van der Waals surface area contributed by atoms with Crippen molar-refractivity contribution in [1.29, 1.82) is 0 Å². The molecule has 4 rings (SSSR count). The monoisotopic (exact) mass is 362 g/mol. The molecule has 4 heteroatoms. The highest BCUT2D eigenvalue weighted by molar-refractivity contribution is 6.01. The molecule has 0 bridgehead atoms. The zero-order chi connectivity index (χ0) is 18.9. The van der Waals surface area contributed by atoms with Gasteiger partial charge in [0.15, 0.2) is 0 Å². The molecule has 2 amide bonds. The van der Waals surface area contributed by atoms with Gasteiger partial charge in [-0.2, -0.15) is 0 Å². The fourth-order valence-corrected chi connectivity index (χ4v) is 3.96. The van der Waals surface area contributed by atoms with Crippen LogP contribution < -0.4 is 5.32 Å². The minimum absolute atomic E-state index is 0.0688. The van der Waals surface area contributed by atoms with Crippen LogP contribution in [0.25, 0.3) is 0 Å². The summed E-state index contributed by atoms with van der Waals surface area (Å²) in [5.74, 6) is 0.298. The van der Waals surface area contributed by atoms with Crippen molar-refractivity contribution in [3.63, 3.8) is 0 Å². The summed E-state index contributed by atoms with van der Waals surface area (Å²) in [4.78, 5) is 26.9. The third-order valence-corrected chi connectivity index (χ3v) is 5.73. The van der Waals surface area contributed by atoms with Crippen molar-refractivity contribution >= 4 is 17.5 Å². The van der Waals surface area contributed by atoms with Crippen molar-refractivity contribution in [3.8, 4) is 0 Å². The van der Waals surface area contributed by atoms with Crippen LogP contribution in [0.15, 0.2) is 48.5 Å². The maximum atomic E-state index is 13.0. The van der Waals surface area contributed by atoms with Crippen molar-refractivity contribution in [2.45, 2.75) is 51.0 Å². The highest BCUT2D eigenvalue weighted by Gasteiger charge is 2.51. The number of carbonyl (C=O) groups excluding carboxylic acids is 2. The summed E-state index contributed by atoms with van der Waals surface area (Å²) < 4.78 is 0. The predicted octanol–water partition coefficient (Wildman–Crippen LogP) is 4.18. The van der Waals surface area contributed by atoms with Crippen LogP contribution in [0, 0.1) is 6.92 Å². The molecule has 0 radical (unpaired) electrons. The Hall–Kier alpha value is -2.62. The number of rotatable bonds is 5. The van der Waals surface area contributed by atoms with Crippen molar-refractivity contribution in [3.05, 3.63) is 65.2 Å². The molecule has 27 heavy (non-hydrogen) atoms. The first-order valence-corrected chi connectivity index (χ1v) is 9.82. The quantitative estimate of drug-likeness (QED) is 0.867. The molecule has 4 nitrogen and oxygen atoms in total. The van der Waals surface area contributed by atoms with Gasteiger partial charge in [-0.25, -0.2) is 0 Å². The second kappa shape index (κ2) is 7.18. The van der Waals surface area contributed by atoms with Crippen molar-refractivity contribution in [1.82, 2.24) is 4.90 Å². The van der Waals surface area contributed by atoms with Crippen LogP contribution in [0.2, 0.25) is 0 Å². The molecular weight excluding hydrogens is 336 g/mol. The SMILES string of the molecule is Cc1cccc(C2(C(=O)Nc3cccc(CN4CCCCC4=O)c3)CC2)c1. The van der Waals surface area contributed by atoms with Gasteiger partial charge in [-0.15, -0.1) is 0 Å². The fraction of sp³-hybridized carbons (Fsp3) is 0.391. The molecule has 0 unspecified atom stereocenters. The Morgan fingerprint density at radius 3 is 2.67 bits per heavy atom. The van der Waals surface area contributed by atoms with Crippen LogP contribution in [-0.4, -0.2) is 23.3 Å². The number of benzene rings is 2. The van der Waals surface area contributed by atoms with Gasteiger partial charge in [0.25, 0.3) is 0 Å². The van der Waals surface area contributed by atoms with Crippen LogP contribution in [0.4, 0.5) is 5.69 Å². The van der Waals surface area contributed by atoms with Gasteiger partial charge in [-0.1, -0.05) is 42.0 Å². The minimum Gasteiger partial charge on any atom is -0.338 e. The number of aryl methyl sites for hydroxylation is 1. The lowest BCUT2D eigenvalue weighted by atomic mass is 9.93. The number of nitrogens with one attached hydrogen (secondary N) is 1. The molecular formula is C23H26N2O2. The van der Waals surface area contributed by atoms with Gasteiger partial charge in [0.1, 0.15) is 0 Å². The second-order valence-corrected chi connectivity index (χ2v) is 7.88. The first-order chi connectivity index (χ1) is 13.1. The Morgan fingerprint density at radius 1 is 1.11 bits per heavy atom. The van der Waals surface area contributed by atoms with Crippen LogP contribution >= 0.6 is 0 Å². The minimum atomic E-state index is -0.384. The maximum absolute atomic E-state index is 13.0. The summed E-state index contributed by atoms with van der Waals surface area (Å²) >= 11 is 0. The summed E-state index contributed by atoms with van der Waals surface area (Å²) in [6.07, 6.45) is 4.50. The zero-order valence-corrected chi connectivity index (χ0v) is 15.8. The van der Waals surface area contributed by atoms with Gasteiger partial charge in [0.2, 0.25) is 11.8 Å². The number of amides is 2. The predicted molar refractivity (Wildman–Crippen MR) is 106 cm³/mol. The fourth-order valence-electron chi connectivity index (χ4n) is 3.96. The van der Waals surface area contributed by atoms with Crippen LogP contribution in [-0.2, 0) is 21.5 Å². The van der Waals surface area contributed by atoms with Crippen LogP contribution in [0.5, 0.6) is 0 Å². The molecule has 2 aromatic rings. The maximum Gasteiger partial charge on any atom is 0.235 e. The number of hydrogen-bond acceptors (Lipinski definition) is 2. The molecule has 2 aromatic carbocycles. The first-order valence-electron chi connectivity index (χ1n) is 9.82. The molecule has 0 aromatic heterocycles. The van der Waals surface area contributed by atoms with E-state index in [4.69, 9.17) is 0 Å². The molecule has 0 spiro atoms. The first kappa shape index (κ1) is 17.8. The number of carbonyl (C=O) groups is 2. The van der Waals surface area contributed by atoms with Gasteiger partial charge in [-0.3, -0.25) is 9.59 Å². The summed E-state index contributed by atoms with van der Waals surface area (Å²) in [6, 6.07) is 16.1. The van der Waals surface area contributed by atoms with Gasteiger partial charge < -0.3 is 10.2 Å². The number of nitrogens with zero attached hydrogens (tertiary/aromatic N) is 1. The van der Waals surface area contributed by atoms with E-state index >= 15 is 0 Å². The molecule has 1 saturated heterocycles. The van der Waals surface area contributed by atoms with Crippen LogP contribution in [0.3, 0.4) is 0 Å². The second-order valence-electron chi connectivity index (χ2n) is 7.88. The standard InChI is InChI=1S/C23H26N2O2/c1-17-6-4-8-19(14-17)23(11-12-23)22(27)24-20-9-5-7-18(15-20)16-25-13-3-2-10-21(25)26/h4-9,14-15H,2-3,10-13,16H2,1H3,(H,24,27). The molecule has 0 atom stereocenters. The molecule has 2 aliphatic rings. The number of anilines is 1. The molecule has 1 saturated carbocycles. The Kier molecular flexibility index (Phi) is 4.73. The summed E-state index contributed by atoms with van der Waals surface area (Å²) in [7, 11) is 0. The highest BCUT2D eigenvalue weighted by atomic mass is 16.2. The van der Waals surface area contributed by atoms with E-state index in [-0.39, 0.29) is 17.2 Å². The van der Waals surface area contributed by atoms with Crippen molar-refractivity contribution in [2.24, 2.45) is 0 Å². The van der Waals surface area contributed by atoms with E-state index in [1.807, 2.05) is 35.2 Å². The number of hydrogen-bond donors (Lipinski definition) is 1. The average molecular weight is 362 g/mol. The highest BCUT2D eigenvalue weighted by Crippen LogP contribution is 2.49. The van der Waals surface area contributed by atoms with E-state index in [2.05, 4.69) is 30.4 Å².